The largest absolute Gasteiger partial charge is 0.481 e. The number of nitrogens with one attached hydrogen (secondary N) is 1. The molecule has 4 fully saturated rings. The molecule has 4 saturated carbocycles. The van der Waals surface area contributed by atoms with Crippen LogP contribution in [0.2, 0.25) is 0 Å². The van der Waals surface area contributed by atoms with Crippen molar-refractivity contribution in [3.05, 3.63) is 0 Å². The summed E-state index contributed by atoms with van der Waals surface area (Å²) in [6, 6.07) is 0. The van der Waals surface area contributed by atoms with Gasteiger partial charge in [-0.1, -0.05) is 6.92 Å². The number of carboxylic acids is 1. The predicted octanol–water partition coefficient (Wildman–Crippen LogP) is 2.96. The van der Waals surface area contributed by atoms with Crippen LogP contribution in [-0.2, 0) is 9.59 Å². The van der Waals surface area contributed by atoms with Crippen LogP contribution < -0.4 is 5.32 Å². The maximum atomic E-state index is 12.4. The number of aliphatic carboxylic acids is 1. The van der Waals surface area contributed by atoms with Crippen molar-refractivity contribution in [2.45, 2.75) is 70.8 Å². The molecule has 4 heteroatoms. The summed E-state index contributed by atoms with van der Waals surface area (Å²) in [5.74, 6) is 1.42. The molecule has 0 spiro atoms. The maximum absolute atomic E-state index is 12.4. The van der Waals surface area contributed by atoms with Crippen molar-refractivity contribution >= 4 is 11.9 Å². The standard InChI is InChI=1S/C17H27NO3/c1-3-16(2,15(20)21)10-14(19)18-17-7-11-4-12(8-17)6-13(5-11)9-17/h11-13H,3-10H2,1-2H3,(H,18,19)(H,20,21). The average Bonchev–Trinajstić information content (AvgIpc) is 2.35. The molecule has 1 unspecified atom stereocenters. The van der Waals surface area contributed by atoms with Crippen molar-refractivity contribution in [1.82, 2.24) is 5.32 Å². The van der Waals surface area contributed by atoms with E-state index < -0.39 is 11.4 Å². The Labute approximate surface area is 126 Å². The second kappa shape index (κ2) is 4.99. The predicted molar refractivity (Wildman–Crippen MR) is 79.7 cm³/mol. The quantitative estimate of drug-likeness (QED) is 0.819. The summed E-state index contributed by atoms with van der Waals surface area (Å²) in [6.07, 6.45) is 7.95. The molecule has 4 bridgehead atoms. The first-order valence-corrected chi connectivity index (χ1v) is 8.38. The van der Waals surface area contributed by atoms with Crippen LogP contribution in [0.15, 0.2) is 0 Å². The van der Waals surface area contributed by atoms with Gasteiger partial charge in [0, 0.05) is 12.0 Å². The van der Waals surface area contributed by atoms with Crippen LogP contribution in [0.4, 0.5) is 0 Å². The molecule has 2 N–H and O–H groups in total. The van der Waals surface area contributed by atoms with Gasteiger partial charge in [0.1, 0.15) is 0 Å². The smallest absolute Gasteiger partial charge is 0.309 e. The van der Waals surface area contributed by atoms with Gasteiger partial charge in [-0.25, -0.2) is 0 Å². The van der Waals surface area contributed by atoms with Crippen molar-refractivity contribution in [2.24, 2.45) is 23.2 Å². The number of carbonyl (C=O) groups excluding carboxylic acids is 1. The van der Waals surface area contributed by atoms with E-state index in [9.17, 15) is 14.7 Å². The molecule has 0 aromatic rings. The number of hydrogen-bond donors (Lipinski definition) is 2. The topological polar surface area (TPSA) is 66.4 Å². The number of hydrogen-bond acceptors (Lipinski definition) is 2. The van der Waals surface area contributed by atoms with E-state index >= 15 is 0 Å². The van der Waals surface area contributed by atoms with E-state index in [1.807, 2.05) is 6.92 Å². The van der Waals surface area contributed by atoms with Gasteiger partial charge >= 0.3 is 5.97 Å². The Kier molecular flexibility index (Phi) is 3.53. The van der Waals surface area contributed by atoms with Gasteiger partial charge < -0.3 is 10.4 Å². The van der Waals surface area contributed by atoms with Gasteiger partial charge in [-0.15, -0.1) is 0 Å². The Balaban J connectivity index is 1.66. The molecule has 0 radical (unpaired) electrons. The lowest BCUT2D eigenvalue weighted by molar-refractivity contribution is -0.151. The normalized spacial score (nSPS) is 39.8. The van der Waals surface area contributed by atoms with E-state index in [-0.39, 0.29) is 17.9 Å². The second-order valence-electron chi connectivity index (χ2n) is 8.14. The van der Waals surface area contributed by atoms with E-state index in [2.05, 4.69) is 5.32 Å². The third kappa shape index (κ3) is 2.69. The highest BCUT2D eigenvalue weighted by Gasteiger charge is 2.51. The molecule has 1 amide bonds. The van der Waals surface area contributed by atoms with E-state index in [1.165, 1.54) is 19.3 Å². The highest BCUT2D eigenvalue weighted by Crippen LogP contribution is 2.55. The van der Waals surface area contributed by atoms with Crippen LogP contribution in [0.3, 0.4) is 0 Å². The first-order chi connectivity index (χ1) is 9.84. The summed E-state index contributed by atoms with van der Waals surface area (Å²) < 4.78 is 0. The third-order valence-corrected chi connectivity index (χ3v) is 6.29. The molecule has 118 valence electrons. The molecular weight excluding hydrogens is 266 g/mol. The Hall–Kier alpha value is -1.06. The van der Waals surface area contributed by atoms with E-state index in [4.69, 9.17) is 0 Å². The molecule has 1 atom stereocenters. The van der Waals surface area contributed by atoms with Gasteiger partial charge in [-0.2, -0.15) is 0 Å². The van der Waals surface area contributed by atoms with Crippen LogP contribution in [-0.4, -0.2) is 22.5 Å². The van der Waals surface area contributed by atoms with Gasteiger partial charge in [0.15, 0.2) is 0 Å². The summed E-state index contributed by atoms with van der Waals surface area (Å²) in [5.41, 5.74) is -0.953. The van der Waals surface area contributed by atoms with E-state index in [0.717, 1.165) is 37.0 Å². The maximum Gasteiger partial charge on any atom is 0.309 e. The van der Waals surface area contributed by atoms with Crippen LogP contribution in [0.1, 0.15) is 65.2 Å². The van der Waals surface area contributed by atoms with Crippen LogP contribution in [0, 0.1) is 23.2 Å². The number of rotatable bonds is 5. The number of carboxylic acid groups (broad SMARTS) is 1. The van der Waals surface area contributed by atoms with Gasteiger partial charge in [0.05, 0.1) is 5.41 Å². The molecule has 0 aromatic carbocycles. The van der Waals surface area contributed by atoms with Crippen molar-refractivity contribution in [3.63, 3.8) is 0 Å². The summed E-state index contributed by atoms with van der Waals surface area (Å²) in [7, 11) is 0. The number of amides is 1. The Morgan fingerprint density at radius 1 is 1.14 bits per heavy atom. The van der Waals surface area contributed by atoms with Crippen molar-refractivity contribution < 1.29 is 14.7 Å². The molecule has 0 aromatic heterocycles. The Morgan fingerprint density at radius 2 is 1.62 bits per heavy atom. The summed E-state index contributed by atoms with van der Waals surface area (Å²) in [5, 5.41) is 12.6. The summed E-state index contributed by atoms with van der Waals surface area (Å²) >= 11 is 0. The highest BCUT2D eigenvalue weighted by molar-refractivity contribution is 5.85. The highest BCUT2D eigenvalue weighted by atomic mass is 16.4. The number of carbonyl (C=O) groups is 2. The lowest BCUT2D eigenvalue weighted by atomic mass is 9.53. The third-order valence-electron chi connectivity index (χ3n) is 6.29. The molecule has 21 heavy (non-hydrogen) atoms. The fraction of sp³-hybridized carbons (Fsp3) is 0.882. The van der Waals surface area contributed by atoms with Gasteiger partial charge in [-0.3, -0.25) is 9.59 Å². The molecule has 0 heterocycles. The minimum atomic E-state index is -0.938. The molecule has 4 aliphatic carbocycles. The van der Waals surface area contributed by atoms with Crippen molar-refractivity contribution in [2.75, 3.05) is 0 Å². The lowest BCUT2D eigenvalue weighted by Crippen LogP contribution is -2.60. The van der Waals surface area contributed by atoms with Crippen LogP contribution in [0.25, 0.3) is 0 Å². The Morgan fingerprint density at radius 3 is 2.00 bits per heavy atom. The summed E-state index contributed by atoms with van der Waals surface area (Å²) in [6.45, 7) is 3.51. The van der Waals surface area contributed by atoms with Gasteiger partial charge in [0.2, 0.25) is 5.91 Å². The molecule has 0 aliphatic heterocycles. The molecule has 4 aliphatic rings. The van der Waals surface area contributed by atoms with Crippen LogP contribution >= 0.6 is 0 Å². The van der Waals surface area contributed by atoms with Gasteiger partial charge in [0.25, 0.3) is 0 Å². The lowest BCUT2D eigenvalue weighted by Gasteiger charge is -2.57. The first-order valence-electron chi connectivity index (χ1n) is 8.38. The molecular formula is C17H27NO3. The van der Waals surface area contributed by atoms with Gasteiger partial charge in [-0.05, 0) is 69.6 Å². The molecule has 4 nitrogen and oxygen atoms in total. The average molecular weight is 293 g/mol. The minimum absolute atomic E-state index is 0.0149. The SMILES string of the molecule is CCC(C)(CC(=O)NC12CC3CC(CC(C3)C1)C2)C(=O)O. The van der Waals surface area contributed by atoms with E-state index in [1.54, 1.807) is 6.92 Å². The van der Waals surface area contributed by atoms with E-state index in [0.29, 0.717) is 6.42 Å². The molecule has 0 saturated heterocycles. The first kappa shape index (κ1) is 14.9. The van der Waals surface area contributed by atoms with Crippen LogP contribution in [0.5, 0.6) is 0 Å². The second-order valence-corrected chi connectivity index (χ2v) is 8.14. The van der Waals surface area contributed by atoms with Crippen molar-refractivity contribution in [3.8, 4) is 0 Å². The molecule has 4 rings (SSSR count). The Bertz CT molecular complexity index is 424. The zero-order chi connectivity index (χ0) is 15.3. The zero-order valence-corrected chi connectivity index (χ0v) is 13.2. The zero-order valence-electron chi connectivity index (χ0n) is 13.2. The fourth-order valence-corrected chi connectivity index (χ4v) is 5.31. The minimum Gasteiger partial charge on any atom is -0.481 e. The summed E-state index contributed by atoms with van der Waals surface area (Å²) in [4.78, 5) is 23.8. The fourth-order valence-electron chi connectivity index (χ4n) is 5.31. The monoisotopic (exact) mass is 293 g/mol. The van der Waals surface area contributed by atoms with Crippen molar-refractivity contribution in [1.29, 1.82) is 0 Å².